The summed E-state index contributed by atoms with van der Waals surface area (Å²) >= 11 is 0. The molecule has 4 N–H and O–H groups in total. The number of alkyl carbamates (subject to hydrolysis) is 1. The predicted octanol–water partition coefficient (Wildman–Crippen LogP) is 2.73. The second kappa shape index (κ2) is 16.4. The van der Waals surface area contributed by atoms with Gasteiger partial charge in [0, 0.05) is 29.5 Å². The average Bonchev–Trinajstić information content (AvgIpc) is 4.08. The number of hydrogen-bond acceptors (Lipinski definition) is 12. The molecule has 18 heteroatoms. The van der Waals surface area contributed by atoms with Crippen molar-refractivity contribution in [2.24, 2.45) is 11.3 Å². The van der Waals surface area contributed by atoms with E-state index in [9.17, 15) is 32.4 Å². The fourth-order valence-corrected chi connectivity index (χ4v) is 8.63. The summed E-state index contributed by atoms with van der Waals surface area (Å²) < 4.78 is 51.1. The van der Waals surface area contributed by atoms with E-state index in [2.05, 4.69) is 32.2 Å². The lowest BCUT2D eigenvalue weighted by atomic mass is 9.85. The number of nitrogens with one attached hydrogen (secondary N) is 4. The van der Waals surface area contributed by atoms with Crippen molar-refractivity contribution >= 4 is 56.6 Å². The summed E-state index contributed by atoms with van der Waals surface area (Å²) in [5, 5.41) is 8.84. The van der Waals surface area contributed by atoms with Crippen molar-refractivity contribution in [2.45, 2.75) is 108 Å². The van der Waals surface area contributed by atoms with Gasteiger partial charge in [0.05, 0.1) is 32.1 Å². The summed E-state index contributed by atoms with van der Waals surface area (Å²) in [6.07, 6.45) is 5.79. The monoisotopic (exact) mass is 838 g/mol. The minimum absolute atomic E-state index is 0.0321. The van der Waals surface area contributed by atoms with Gasteiger partial charge in [-0.2, -0.15) is 0 Å². The molecule has 0 spiro atoms. The zero-order valence-corrected chi connectivity index (χ0v) is 35.3. The molecule has 6 unspecified atom stereocenters. The van der Waals surface area contributed by atoms with Crippen LogP contribution in [0.4, 0.5) is 4.79 Å². The third-order valence-electron chi connectivity index (χ3n) is 10.7. The molecule has 6 rings (SSSR count). The Kier molecular flexibility index (Phi) is 12.1. The van der Waals surface area contributed by atoms with E-state index in [1.165, 1.54) is 18.1 Å². The number of aromatic nitrogens is 1. The summed E-state index contributed by atoms with van der Waals surface area (Å²) in [4.78, 5) is 75.7. The smallest absolute Gasteiger partial charge is 0.408 e. The van der Waals surface area contributed by atoms with Crippen LogP contribution >= 0.6 is 0 Å². The van der Waals surface area contributed by atoms with Crippen LogP contribution in [-0.2, 0) is 38.7 Å². The zero-order valence-electron chi connectivity index (χ0n) is 34.5. The fraction of sp³-hybridized carbons (Fsp3) is 0.561. The fourth-order valence-electron chi connectivity index (χ4n) is 7.26. The van der Waals surface area contributed by atoms with Crippen molar-refractivity contribution in [3.63, 3.8) is 0 Å². The highest BCUT2D eigenvalue weighted by molar-refractivity contribution is 7.91. The van der Waals surface area contributed by atoms with Gasteiger partial charge >= 0.3 is 6.09 Å². The lowest BCUT2D eigenvalue weighted by molar-refractivity contribution is -0.145. The number of carbonyl (C=O) groups is 5. The molecule has 1 saturated heterocycles. The third kappa shape index (κ3) is 9.81. The van der Waals surface area contributed by atoms with E-state index < -0.39 is 91.7 Å². The van der Waals surface area contributed by atoms with Crippen LogP contribution in [0.5, 0.6) is 11.6 Å². The molecule has 320 valence electrons. The molecule has 2 aromatic rings. The molecule has 0 radical (unpaired) electrons. The van der Waals surface area contributed by atoms with Crippen LogP contribution in [-0.4, -0.2) is 116 Å². The van der Waals surface area contributed by atoms with Crippen molar-refractivity contribution < 1.29 is 51.3 Å². The maximum Gasteiger partial charge on any atom is 0.408 e. The summed E-state index contributed by atoms with van der Waals surface area (Å²) in [6, 6.07) is 1.65. The molecule has 2 aliphatic heterocycles. The largest absolute Gasteiger partial charge is 0.496 e. The molecule has 59 heavy (non-hydrogen) atoms. The van der Waals surface area contributed by atoms with E-state index in [1.54, 1.807) is 66.0 Å². The summed E-state index contributed by atoms with van der Waals surface area (Å²) in [6.45, 7) is 13.6. The van der Waals surface area contributed by atoms with Crippen LogP contribution in [0.3, 0.4) is 0 Å². The lowest BCUT2D eigenvalue weighted by Crippen LogP contribution is -2.62. The molecule has 3 fully saturated rings. The molecule has 1 aromatic carbocycles. The minimum Gasteiger partial charge on any atom is -0.496 e. The number of pyridine rings is 1. The van der Waals surface area contributed by atoms with Crippen molar-refractivity contribution in [3.05, 3.63) is 48.7 Å². The number of fused-ring (bicyclic) bond motifs is 3. The van der Waals surface area contributed by atoms with Crippen molar-refractivity contribution in [1.82, 2.24) is 30.6 Å². The summed E-state index contributed by atoms with van der Waals surface area (Å²) in [7, 11) is -2.41. The van der Waals surface area contributed by atoms with Crippen LogP contribution in [0, 0.1) is 11.3 Å². The second-order valence-corrected chi connectivity index (χ2v) is 19.5. The first-order valence-corrected chi connectivity index (χ1v) is 21.2. The first-order valence-electron chi connectivity index (χ1n) is 19.6. The Morgan fingerprint density at radius 1 is 1.12 bits per heavy atom. The Morgan fingerprint density at radius 3 is 2.47 bits per heavy atom. The highest BCUT2D eigenvalue weighted by Gasteiger charge is 2.62. The molecule has 2 saturated carbocycles. The number of nitrogens with zero attached hydrogens (tertiary/aromatic N) is 2. The van der Waals surface area contributed by atoms with Gasteiger partial charge in [0.15, 0.2) is 0 Å². The van der Waals surface area contributed by atoms with Gasteiger partial charge in [-0.05, 0) is 69.0 Å². The van der Waals surface area contributed by atoms with E-state index in [-0.39, 0.29) is 38.5 Å². The van der Waals surface area contributed by atoms with Gasteiger partial charge in [-0.1, -0.05) is 39.0 Å². The van der Waals surface area contributed by atoms with Gasteiger partial charge in [-0.15, -0.1) is 6.58 Å². The SMILES string of the molecule is C=CC1CC1(NC(=O)C1CC2CN1C(=O)C(C(C)(C)C)NC(=O)C(NC(=O)OC(C)(C)C)COCC=Cc1cc3c(nccc3cc1OC)O2)C(=O)NS(=O)(=O)C1CC1. The van der Waals surface area contributed by atoms with E-state index in [0.29, 0.717) is 29.5 Å². The van der Waals surface area contributed by atoms with Gasteiger partial charge in [-0.25, -0.2) is 18.2 Å². The molecule has 3 heterocycles. The molecular formula is C41H54N6O11S. The van der Waals surface area contributed by atoms with Gasteiger partial charge in [0.25, 0.3) is 5.91 Å². The second-order valence-electron chi connectivity index (χ2n) is 17.5. The molecule has 2 aliphatic carbocycles. The van der Waals surface area contributed by atoms with Crippen LogP contribution in [0.15, 0.2) is 43.1 Å². The first kappa shape index (κ1) is 43.4. The predicted molar refractivity (Wildman–Crippen MR) is 216 cm³/mol. The Hall–Kier alpha value is -5.23. The molecule has 5 amide bonds. The van der Waals surface area contributed by atoms with Gasteiger partial charge in [0.2, 0.25) is 33.6 Å². The van der Waals surface area contributed by atoms with Crippen molar-refractivity contribution in [1.29, 1.82) is 0 Å². The Labute approximate surface area is 344 Å². The Morgan fingerprint density at radius 2 is 1.85 bits per heavy atom. The molecule has 17 nitrogen and oxygen atoms in total. The van der Waals surface area contributed by atoms with Crippen LogP contribution in [0.25, 0.3) is 16.8 Å². The first-order chi connectivity index (χ1) is 27.7. The lowest BCUT2D eigenvalue weighted by Gasteiger charge is -2.36. The Bertz CT molecular complexity index is 2160. The normalized spacial score (nSPS) is 26.5. The van der Waals surface area contributed by atoms with Crippen molar-refractivity contribution in [2.75, 3.05) is 26.9 Å². The third-order valence-corrected chi connectivity index (χ3v) is 12.5. The topological polar surface area (TPSA) is 221 Å². The number of benzene rings is 1. The van der Waals surface area contributed by atoms with Gasteiger partial charge < -0.3 is 39.8 Å². The highest BCUT2D eigenvalue weighted by atomic mass is 32.2. The molecule has 4 bridgehead atoms. The number of ether oxygens (including phenoxy) is 4. The number of rotatable bonds is 8. The van der Waals surface area contributed by atoms with Crippen molar-refractivity contribution in [3.8, 4) is 11.6 Å². The summed E-state index contributed by atoms with van der Waals surface area (Å²) in [5.41, 5.74) is -2.77. The standard InChI is InChI=1S/C41H54N6O11S/c1-9-25-20-41(25,37(51)46-59(53,54)27-12-13-27)45-34(49)30-19-26-21-47(30)36(50)32(39(2,3)4)44-33(48)29(43-38(52)58-40(5,6)7)22-56-16-10-11-24-17-28-23(18-31(24)55-8)14-15-42-35(28)57-26/h9-11,14-15,17-18,25-27,29-30,32H,1,12-13,16,19-22H2,2-8H3,(H,43,52)(H,44,48)(H,45,49)(H,46,51). The van der Waals surface area contributed by atoms with Crippen LogP contribution in [0.1, 0.15) is 72.8 Å². The maximum atomic E-state index is 14.8. The average molecular weight is 839 g/mol. The number of methoxy groups -OCH3 is 1. The quantitative estimate of drug-likeness (QED) is 0.282. The zero-order chi connectivity index (χ0) is 43.1. The van der Waals surface area contributed by atoms with Gasteiger partial charge in [0.1, 0.15) is 41.1 Å². The number of hydrogen-bond donors (Lipinski definition) is 4. The maximum absolute atomic E-state index is 14.8. The van der Waals surface area contributed by atoms with E-state index >= 15 is 0 Å². The molecular weight excluding hydrogens is 785 g/mol. The molecule has 1 aromatic heterocycles. The minimum atomic E-state index is -3.95. The number of carbonyl (C=O) groups excluding carboxylic acids is 5. The number of amides is 5. The molecule has 6 atom stereocenters. The van der Waals surface area contributed by atoms with E-state index in [0.717, 1.165) is 5.39 Å². The molecule has 4 aliphatic rings. The van der Waals surface area contributed by atoms with E-state index in [4.69, 9.17) is 18.9 Å². The summed E-state index contributed by atoms with van der Waals surface area (Å²) in [5.74, 6) is -2.77. The van der Waals surface area contributed by atoms with Gasteiger partial charge in [-0.3, -0.25) is 23.9 Å². The highest BCUT2D eigenvalue weighted by Crippen LogP contribution is 2.45. The number of sulfonamides is 1. The van der Waals surface area contributed by atoms with Crippen LogP contribution in [0.2, 0.25) is 0 Å². The Balaban J connectivity index is 1.38. The van der Waals surface area contributed by atoms with Crippen LogP contribution < -0.4 is 30.1 Å². The van der Waals surface area contributed by atoms with E-state index in [1.807, 2.05) is 12.1 Å².